The van der Waals surface area contributed by atoms with Crippen molar-refractivity contribution in [3.63, 3.8) is 0 Å². The Labute approximate surface area is 68.1 Å². The standard InChI is InChI=1S/C8H17NS/c1-4-6-10-7(3)8(9)5-2/h4,7-8H,1,5-6,9H2,2-3H3. The summed E-state index contributed by atoms with van der Waals surface area (Å²) in [5, 5.41) is 0.558. The Hall–Kier alpha value is 0.0500. The minimum Gasteiger partial charge on any atom is -0.327 e. The molecular weight excluding hydrogens is 142 g/mol. The van der Waals surface area contributed by atoms with Crippen LogP contribution in [0.2, 0.25) is 0 Å². The maximum absolute atomic E-state index is 5.80. The van der Waals surface area contributed by atoms with E-state index in [9.17, 15) is 0 Å². The summed E-state index contributed by atoms with van der Waals surface area (Å²) >= 11 is 1.87. The molecule has 0 spiro atoms. The molecule has 0 bridgehead atoms. The summed E-state index contributed by atoms with van der Waals surface area (Å²) in [6, 6.07) is 0.338. The van der Waals surface area contributed by atoms with E-state index in [2.05, 4.69) is 20.4 Å². The number of hydrogen-bond acceptors (Lipinski definition) is 2. The molecule has 0 saturated heterocycles. The lowest BCUT2D eigenvalue weighted by molar-refractivity contribution is 0.643. The Kier molecular flexibility index (Phi) is 5.84. The lowest BCUT2D eigenvalue weighted by atomic mass is 10.2. The monoisotopic (exact) mass is 159 g/mol. The highest BCUT2D eigenvalue weighted by Crippen LogP contribution is 2.14. The number of thioether (sulfide) groups is 1. The molecule has 0 aliphatic carbocycles. The fourth-order valence-electron chi connectivity index (χ4n) is 0.675. The number of rotatable bonds is 5. The van der Waals surface area contributed by atoms with E-state index >= 15 is 0 Å². The van der Waals surface area contributed by atoms with Gasteiger partial charge in [0, 0.05) is 17.0 Å². The van der Waals surface area contributed by atoms with E-state index in [1.165, 1.54) is 0 Å². The summed E-state index contributed by atoms with van der Waals surface area (Å²) < 4.78 is 0. The molecule has 0 saturated carbocycles. The molecule has 10 heavy (non-hydrogen) atoms. The van der Waals surface area contributed by atoms with Crippen LogP contribution in [0, 0.1) is 0 Å². The van der Waals surface area contributed by atoms with Crippen molar-refractivity contribution in [2.24, 2.45) is 5.73 Å². The predicted molar refractivity (Wildman–Crippen MR) is 50.4 cm³/mol. The van der Waals surface area contributed by atoms with Gasteiger partial charge in [-0.2, -0.15) is 11.8 Å². The van der Waals surface area contributed by atoms with Gasteiger partial charge in [0.25, 0.3) is 0 Å². The number of nitrogens with two attached hydrogens (primary N) is 1. The van der Waals surface area contributed by atoms with Crippen molar-refractivity contribution in [1.29, 1.82) is 0 Å². The van der Waals surface area contributed by atoms with E-state index < -0.39 is 0 Å². The summed E-state index contributed by atoms with van der Waals surface area (Å²) in [6.45, 7) is 7.95. The minimum atomic E-state index is 0.338. The fraction of sp³-hybridized carbons (Fsp3) is 0.750. The summed E-state index contributed by atoms with van der Waals surface area (Å²) in [7, 11) is 0. The van der Waals surface area contributed by atoms with E-state index in [1.54, 1.807) is 0 Å². The van der Waals surface area contributed by atoms with Crippen LogP contribution in [-0.2, 0) is 0 Å². The highest BCUT2D eigenvalue weighted by atomic mass is 32.2. The molecule has 0 radical (unpaired) electrons. The van der Waals surface area contributed by atoms with Gasteiger partial charge in [-0.3, -0.25) is 0 Å². The van der Waals surface area contributed by atoms with Crippen molar-refractivity contribution in [3.05, 3.63) is 12.7 Å². The highest BCUT2D eigenvalue weighted by Gasteiger charge is 2.08. The molecular formula is C8H17NS. The molecule has 0 aromatic heterocycles. The van der Waals surface area contributed by atoms with Crippen molar-refractivity contribution in [2.75, 3.05) is 5.75 Å². The molecule has 0 amide bonds. The predicted octanol–water partition coefficient (Wildman–Crippen LogP) is 2.03. The average Bonchev–Trinajstić information content (AvgIpc) is 1.98. The van der Waals surface area contributed by atoms with Crippen LogP contribution in [0.3, 0.4) is 0 Å². The largest absolute Gasteiger partial charge is 0.327 e. The van der Waals surface area contributed by atoms with Gasteiger partial charge in [0.2, 0.25) is 0 Å². The quantitative estimate of drug-likeness (QED) is 0.621. The Morgan fingerprint density at radius 2 is 2.30 bits per heavy atom. The molecule has 0 heterocycles. The van der Waals surface area contributed by atoms with Crippen LogP contribution in [0.1, 0.15) is 20.3 Å². The zero-order valence-electron chi connectivity index (χ0n) is 6.84. The molecule has 0 rings (SSSR count). The minimum absolute atomic E-state index is 0.338. The molecule has 0 fully saturated rings. The normalized spacial score (nSPS) is 16.3. The molecule has 0 aliphatic rings. The van der Waals surface area contributed by atoms with E-state index in [-0.39, 0.29) is 0 Å². The average molecular weight is 159 g/mol. The third-order valence-corrected chi connectivity index (χ3v) is 2.85. The second-order valence-corrected chi connectivity index (χ2v) is 3.81. The van der Waals surface area contributed by atoms with Gasteiger partial charge in [-0.1, -0.05) is 19.9 Å². The van der Waals surface area contributed by atoms with Crippen LogP contribution in [0.4, 0.5) is 0 Å². The van der Waals surface area contributed by atoms with Gasteiger partial charge in [-0.15, -0.1) is 6.58 Å². The second kappa shape index (κ2) is 5.81. The van der Waals surface area contributed by atoms with Crippen molar-refractivity contribution in [3.8, 4) is 0 Å². The van der Waals surface area contributed by atoms with Crippen LogP contribution < -0.4 is 5.73 Å². The molecule has 60 valence electrons. The molecule has 0 aromatic rings. The summed E-state index contributed by atoms with van der Waals surface area (Å²) in [5.74, 6) is 1.01. The van der Waals surface area contributed by atoms with Crippen LogP contribution in [0.15, 0.2) is 12.7 Å². The van der Waals surface area contributed by atoms with Gasteiger partial charge in [-0.05, 0) is 6.42 Å². The fourth-order valence-corrected chi connectivity index (χ4v) is 1.55. The molecule has 0 aromatic carbocycles. The molecule has 2 atom stereocenters. The zero-order valence-corrected chi connectivity index (χ0v) is 7.66. The van der Waals surface area contributed by atoms with Gasteiger partial charge in [-0.25, -0.2) is 0 Å². The smallest absolute Gasteiger partial charge is 0.0173 e. The first kappa shape index (κ1) is 10.0. The van der Waals surface area contributed by atoms with Gasteiger partial charge >= 0.3 is 0 Å². The lowest BCUT2D eigenvalue weighted by Gasteiger charge is -2.16. The van der Waals surface area contributed by atoms with E-state index in [4.69, 9.17) is 5.73 Å². The van der Waals surface area contributed by atoms with Crippen LogP contribution >= 0.6 is 11.8 Å². The van der Waals surface area contributed by atoms with Crippen molar-refractivity contribution in [1.82, 2.24) is 0 Å². The van der Waals surface area contributed by atoms with Crippen molar-refractivity contribution in [2.45, 2.75) is 31.6 Å². The Morgan fingerprint density at radius 1 is 1.70 bits per heavy atom. The maximum Gasteiger partial charge on any atom is 0.0173 e. The SMILES string of the molecule is C=CCSC(C)C(N)CC. The first-order chi connectivity index (χ1) is 4.72. The molecule has 2 heteroatoms. The summed E-state index contributed by atoms with van der Waals surface area (Å²) in [5.41, 5.74) is 5.80. The zero-order chi connectivity index (χ0) is 7.98. The van der Waals surface area contributed by atoms with Gasteiger partial charge < -0.3 is 5.73 Å². The Morgan fingerprint density at radius 3 is 2.70 bits per heavy atom. The summed E-state index contributed by atoms with van der Waals surface area (Å²) in [4.78, 5) is 0. The van der Waals surface area contributed by atoms with Crippen LogP contribution in [0.25, 0.3) is 0 Å². The molecule has 0 aliphatic heterocycles. The van der Waals surface area contributed by atoms with Crippen molar-refractivity contribution < 1.29 is 0 Å². The molecule has 1 nitrogen and oxygen atoms in total. The first-order valence-corrected chi connectivity index (χ1v) is 4.75. The van der Waals surface area contributed by atoms with Gasteiger partial charge in [0.15, 0.2) is 0 Å². The highest BCUT2D eigenvalue weighted by molar-refractivity contribution is 8.00. The Bertz CT molecular complexity index is 93.3. The number of hydrogen-bond donors (Lipinski definition) is 1. The second-order valence-electron chi connectivity index (χ2n) is 2.40. The maximum atomic E-state index is 5.80. The third-order valence-electron chi connectivity index (χ3n) is 1.55. The topological polar surface area (TPSA) is 26.0 Å². The van der Waals surface area contributed by atoms with Crippen LogP contribution in [0.5, 0.6) is 0 Å². The van der Waals surface area contributed by atoms with Crippen molar-refractivity contribution >= 4 is 11.8 Å². The first-order valence-electron chi connectivity index (χ1n) is 3.70. The van der Waals surface area contributed by atoms with E-state index in [1.807, 2.05) is 17.8 Å². The van der Waals surface area contributed by atoms with E-state index in [0.717, 1.165) is 12.2 Å². The lowest BCUT2D eigenvalue weighted by Crippen LogP contribution is -2.29. The van der Waals surface area contributed by atoms with Gasteiger partial charge in [0.05, 0.1) is 0 Å². The Balaban J connectivity index is 3.40. The molecule has 2 N–H and O–H groups in total. The third kappa shape index (κ3) is 3.96. The van der Waals surface area contributed by atoms with Crippen LogP contribution in [-0.4, -0.2) is 17.0 Å². The molecule has 2 unspecified atom stereocenters. The van der Waals surface area contributed by atoms with Gasteiger partial charge in [0.1, 0.15) is 0 Å². The summed E-state index contributed by atoms with van der Waals surface area (Å²) in [6.07, 6.45) is 2.98. The van der Waals surface area contributed by atoms with E-state index in [0.29, 0.717) is 11.3 Å².